The van der Waals surface area contributed by atoms with E-state index in [9.17, 15) is 4.79 Å². The van der Waals surface area contributed by atoms with Crippen molar-refractivity contribution in [1.82, 2.24) is 10.6 Å². The Hall–Kier alpha value is -1.61. The number of rotatable bonds is 5. The molecule has 0 bridgehead atoms. The monoisotopic (exact) mass is 272 g/mol. The molecule has 1 aromatic carbocycles. The van der Waals surface area contributed by atoms with Crippen molar-refractivity contribution in [2.24, 2.45) is 5.92 Å². The maximum absolute atomic E-state index is 12.3. The molecule has 0 saturated carbocycles. The van der Waals surface area contributed by atoms with Gasteiger partial charge in [0.15, 0.2) is 0 Å². The van der Waals surface area contributed by atoms with Crippen molar-refractivity contribution in [2.75, 3.05) is 13.1 Å². The largest absolute Gasteiger partial charge is 0.346 e. The summed E-state index contributed by atoms with van der Waals surface area (Å²) in [7, 11) is 0. The van der Waals surface area contributed by atoms with Crippen LogP contribution in [0.4, 0.5) is 0 Å². The standard InChI is InChI=1S/C17H24N2O/c1-12(2)9-16(14-7-5-4-6-8-14)19-17(20)13(3)15-10-18-11-15/h4-8,12,16,18H,9-11H2,1-3H3,(H,19,20). The summed E-state index contributed by atoms with van der Waals surface area (Å²) >= 11 is 0. The van der Waals surface area contributed by atoms with Crippen LogP contribution in [-0.2, 0) is 4.79 Å². The van der Waals surface area contributed by atoms with Crippen LogP contribution in [-0.4, -0.2) is 19.0 Å². The fraction of sp³-hybridized carbons (Fsp3) is 0.471. The van der Waals surface area contributed by atoms with Gasteiger partial charge in [-0.2, -0.15) is 0 Å². The molecule has 3 nitrogen and oxygen atoms in total. The fourth-order valence-corrected chi connectivity index (χ4v) is 2.38. The first-order valence-electron chi connectivity index (χ1n) is 7.33. The van der Waals surface area contributed by atoms with Gasteiger partial charge in [0, 0.05) is 18.7 Å². The van der Waals surface area contributed by atoms with Gasteiger partial charge < -0.3 is 10.6 Å². The van der Waals surface area contributed by atoms with E-state index in [1.165, 1.54) is 11.1 Å². The highest BCUT2D eigenvalue weighted by molar-refractivity contribution is 5.94. The molecular formula is C17H24N2O. The molecule has 108 valence electrons. The molecule has 3 heteroatoms. The second kappa shape index (κ2) is 6.71. The smallest absolute Gasteiger partial charge is 0.247 e. The number of nitrogens with one attached hydrogen (secondary N) is 2. The molecule has 1 unspecified atom stereocenters. The van der Waals surface area contributed by atoms with Crippen LogP contribution >= 0.6 is 0 Å². The van der Waals surface area contributed by atoms with E-state index in [4.69, 9.17) is 0 Å². The van der Waals surface area contributed by atoms with Crippen LogP contribution in [0.5, 0.6) is 0 Å². The number of benzene rings is 1. The molecule has 1 atom stereocenters. The van der Waals surface area contributed by atoms with Gasteiger partial charge in [-0.15, -0.1) is 0 Å². The normalized spacial score (nSPS) is 15.7. The maximum Gasteiger partial charge on any atom is 0.247 e. The molecule has 1 fully saturated rings. The lowest BCUT2D eigenvalue weighted by Crippen LogP contribution is -2.38. The zero-order chi connectivity index (χ0) is 14.5. The molecule has 0 aliphatic carbocycles. The predicted octanol–water partition coefficient (Wildman–Crippen LogP) is 2.81. The molecule has 1 amide bonds. The molecule has 1 aliphatic rings. The third-order valence-electron chi connectivity index (χ3n) is 3.76. The molecule has 1 heterocycles. The molecule has 1 aromatic rings. The summed E-state index contributed by atoms with van der Waals surface area (Å²) in [6, 6.07) is 10.3. The minimum Gasteiger partial charge on any atom is -0.346 e. The average Bonchev–Trinajstić information content (AvgIpc) is 2.36. The molecule has 0 spiro atoms. The van der Waals surface area contributed by atoms with Gasteiger partial charge in [-0.25, -0.2) is 0 Å². The van der Waals surface area contributed by atoms with E-state index >= 15 is 0 Å². The highest BCUT2D eigenvalue weighted by Crippen LogP contribution is 2.22. The highest BCUT2D eigenvalue weighted by atomic mass is 16.1. The fourth-order valence-electron chi connectivity index (χ4n) is 2.38. The zero-order valence-electron chi connectivity index (χ0n) is 12.6. The summed E-state index contributed by atoms with van der Waals surface area (Å²) in [4.78, 5) is 12.3. The first-order valence-corrected chi connectivity index (χ1v) is 7.33. The Morgan fingerprint density at radius 2 is 1.90 bits per heavy atom. The highest BCUT2D eigenvalue weighted by Gasteiger charge is 2.20. The lowest BCUT2D eigenvalue weighted by atomic mass is 9.96. The molecule has 1 saturated heterocycles. The van der Waals surface area contributed by atoms with Gasteiger partial charge >= 0.3 is 0 Å². The van der Waals surface area contributed by atoms with Crippen molar-refractivity contribution in [2.45, 2.75) is 33.2 Å². The molecular weight excluding hydrogens is 248 g/mol. The number of carbonyl (C=O) groups is 1. The van der Waals surface area contributed by atoms with Crippen LogP contribution in [0, 0.1) is 5.92 Å². The minimum atomic E-state index is 0.0657. The van der Waals surface area contributed by atoms with Gasteiger partial charge in [0.2, 0.25) is 5.91 Å². The average molecular weight is 272 g/mol. The van der Waals surface area contributed by atoms with Gasteiger partial charge in [-0.05, 0) is 30.4 Å². The molecule has 0 aromatic heterocycles. The lowest BCUT2D eigenvalue weighted by molar-refractivity contribution is -0.118. The summed E-state index contributed by atoms with van der Waals surface area (Å²) in [5.74, 6) is 0.606. The molecule has 2 rings (SSSR count). The van der Waals surface area contributed by atoms with Crippen LogP contribution in [0.15, 0.2) is 41.5 Å². The number of carbonyl (C=O) groups excluding carboxylic acids is 1. The van der Waals surface area contributed by atoms with Crippen LogP contribution in [0.25, 0.3) is 0 Å². The molecule has 1 aliphatic heterocycles. The Bertz CT molecular complexity index is 485. The van der Waals surface area contributed by atoms with Gasteiger partial charge in [-0.3, -0.25) is 4.79 Å². The van der Waals surface area contributed by atoms with Gasteiger partial charge in [-0.1, -0.05) is 44.2 Å². The second-order valence-electron chi connectivity index (χ2n) is 5.90. The third kappa shape index (κ3) is 3.70. The van der Waals surface area contributed by atoms with E-state index in [2.05, 4.69) is 36.6 Å². The van der Waals surface area contributed by atoms with E-state index in [1.807, 2.05) is 25.1 Å². The number of hydrogen-bond donors (Lipinski definition) is 2. The second-order valence-corrected chi connectivity index (χ2v) is 5.90. The Morgan fingerprint density at radius 1 is 1.25 bits per heavy atom. The van der Waals surface area contributed by atoms with Gasteiger partial charge in [0.25, 0.3) is 0 Å². The summed E-state index contributed by atoms with van der Waals surface area (Å²) in [6.45, 7) is 7.98. The Kier molecular flexibility index (Phi) is 4.96. The van der Waals surface area contributed by atoms with Crippen LogP contribution in [0.3, 0.4) is 0 Å². The first-order chi connectivity index (χ1) is 9.58. The zero-order valence-corrected chi connectivity index (χ0v) is 12.6. The van der Waals surface area contributed by atoms with E-state index in [1.54, 1.807) is 0 Å². The van der Waals surface area contributed by atoms with Crippen LogP contribution in [0.2, 0.25) is 0 Å². The van der Waals surface area contributed by atoms with Crippen LogP contribution in [0.1, 0.15) is 38.8 Å². The number of amides is 1. The quantitative estimate of drug-likeness (QED) is 0.809. The molecule has 2 N–H and O–H groups in total. The van der Waals surface area contributed by atoms with Gasteiger partial charge in [0.05, 0.1) is 6.04 Å². The van der Waals surface area contributed by atoms with Crippen molar-refractivity contribution in [3.05, 3.63) is 47.0 Å². The van der Waals surface area contributed by atoms with Crippen LogP contribution < -0.4 is 10.6 Å². The number of hydrogen-bond acceptors (Lipinski definition) is 2. The third-order valence-corrected chi connectivity index (χ3v) is 3.76. The topological polar surface area (TPSA) is 41.1 Å². The van der Waals surface area contributed by atoms with E-state index in [0.717, 1.165) is 25.1 Å². The minimum absolute atomic E-state index is 0.0657. The summed E-state index contributed by atoms with van der Waals surface area (Å²) in [5.41, 5.74) is 3.27. The van der Waals surface area contributed by atoms with Crippen molar-refractivity contribution < 1.29 is 4.79 Å². The van der Waals surface area contributed by atoms with Crippen molar-refractivity contribution in [3.8, 4) is 0 Å². The lowest BCUT2D eigenvalue weighted by Gasteiger charge is -2.25. The van der Waals surface area contributed by atoms with Crippen molar-refractivity contribution in [1.29, 1.82) is 0 Å². The van der Waals surface area contributed by atoms with E-state index in [-0.39, 0.29) is 11.9 Å². The Balaban J connectivity index is 2.10. The first kappa shape index (κ1) is 14.8. The maximum atomic E-state index is 12.3. The predicted molar refractivity (Wildman–Crippen MR) is 82.4 cm³/mol. The summed E-state index contributed by atoms with van der Waals surface area (Å²) < 4.78 is 0. The van der Waals surface area contributed by atoms with E-state index in [0.29, 0.717) is 5.92 Å². The molecule has 20 heavy (non-hydrogen) atoms. The van der Waals surface area contributed by atoms with Crippen molar-refractivity contribution in [3.63, 3.8) is 0 Å². The Labute approximate surface area is 121 Å². The van der Waals surface area contributed by atoms with E-state index < -0.39 is 0 Å². The molecule has 0 radical (unpaired) electrons. The summed E-state index contributed by atoms with van der Waals surface area (Å²) in [5, 5.41) is 6.37. The summed E-state index contributed by atoms with van der Waals surface area (Å²) in [6.07, 6.45) is 0.955. The van der Waals surface area contributed by atoms with Gasteiger partial charge in [0.1, 0.15) is 0 Å². The SMILES string of the molecule is CC(C(=O)NC(CC(C)C)c1ccccc1)=C1CNC1. The van der Waals surface area contributed by atoms with Crippen molar-refractivity contribution >= 4 is 5.91 Å². The Morgan fingerprint density at radius 3 is 2.40 bits per heavy atom.